The van der Waals surface area contributed by atoms with Gasteiger partial charge in [0.25, 0.3) is 0 Å². The molecular weight excluding hydrogens is 270 g/mol. The summed E-state index contributed by atoms with van der Waals surface area (Å²) in [6.45, 7) is 5.46. The van der Waals surface area contributed by atoms with Crippen molar-refractivity contribution in [3.63, 3.8) is 0 Å². The van der Waals surface area contributed by atoms with Gasteiger partial charge in [0.1, 0.15) is 0 Å². The van der Waals surface area contributed by atoms with Crippen molar-refractivity contribution in [1.29, 1.82) is 0 Å². The first-order chi connectivity index (χ1) is 6.10. The van der Waals surface area contributed by atoms with E-state index in [-0.39, 0.29) is 25.5 Å². The molecule has 0 aliphatic carbocycles. The van der Waals surface area contributed by atoms with Gasteiger partial charge in [-0.2, -0.15) is 0 Å². The van der Waals surface area contributed by atoms with Crippen LogP contribution in [0.15, 0.2) is 22.6 Å². The number of amidine groups is 2. The van der Waals surface area contributed by atoms with E-state index in [1.807, 2.05) is 6.92 Å². The molecule has 0 saturated carbocycles. The Morgan fingerprint density at radius 2 is 1.86 bits per heavy atom. The molecule has 0 aromatic carbocycles. The quantitative estimate of drug-likeness (QED) is 0.188. The zero-order chi connectivity index (χ0) is 10.3. The Morgan fingerprint density at radius 3 is 2.29 bits per heavy atom. The molecule has 0 bridgehead atoms. The molecule has 7 heteroatoms. The summed E-state index contributed by atoms with van der Waals surface area (Å²) in [7, 11) is 1.59. The molecule has 0 aromatic heterocycles. The topological polar surface area (TPSA) is 48.8 Å². The predicted octanol–water partition coefficient (Wildman–Crippen LogP) is 0.0882. The Kier molecular flexibility index (Phi) is 10.8. The van der Waals surface area contributed by atoms with Gasteiger partial charge in [0.2, 0.25) is 0 Å². The van der Waals surface area contributed by atoms with E-state index >= 15 is 0 Å². The molecule has 0 aliphatic rings. The predicted molar refractivity (Wildman–Crippen MR) is 61.5 cm³/mol. The van der Waals surface area contributed by atoms with Crippen LogP contribution >= 0.6 is 0 Å². The summed E-state index contributed by atoms with van der Waals surface area (Å²) >= 11 is 9.63. The van der Waals surface area contributed by atoms with E-state index in [9.17, 15) is 0 Å². The van der Waals surface area contributed by atoms with E-state index in [1.54, 1.807) is 13.1 Å². The van der Waals surface area contributed by atoms with Crippen molar-refractivity contribution in [3.8, 4) is 0 Å². The summed E-state index contributed by atoms with van der Waals surface area (Å²) in [5.74, 6) is 0. The fourth-order valence-electron chi connectivity index (χ4n) is 0.433. The maximum absolute atomic E-state index is 4.87. The summed E-state index contributed by atoms with van der Waals surface area (Å²) in [5.41, 5.74) is 5.24. The number of hydrazine groups is 1. The van der Waals surface area contributed by atoms with Crippen LogP contribution < -0.4 is 10.9 Å². The van der Waals surface area contributed by atoms with E-state index in [0.29, 0.717) is 10.3 Å². The van der Waals surface area contributed by atoms with Crippen LogP contribution in [-0.2, 0) is 44.7 Å². The van der Waals surface area contributed by atoms with Gasteiger partial charge < -0.3 is 36.1 Å². The Bertz CT molecular complexity index is 230. The third-order valence-corrected chi connectivity index (χ3v) is 1.63. The monoisotopic (exact) mass is 280 g/mol. The summed E-state index contributed by atoms with van der Waals surface area (Å²) < 4.78 is 0. The van der Waals surface area contributed by atoms with Crippen LogP contribution in [0.3, 0.4) is 0 Å². The molecule has 74 valence electrons. The molecule has 0 radical (unpaired) electrons. The van der Waals surface area contributed by atoms with Crippen LogP contribution in [0.4, 0.5) is 0 Å². The van der Waals surface area contributed by atoms with Gasteiger partial charge in [-0.1, -0.05) is 6.08 Å². The molecule has 2 N–H and O–H groups in total. The maximum atomic E-state index is 4.87. The first-order valence-corrected chi connectivity index (χ1v) is 4.45. The number of rotatable bonds is 2. The molecule has 0 spiro atoms. The minimum Gasteiger partial charge on any atom is -0.741 e. The third-order valence-electron chi connectivity index (χ3n) is 1.14. The number of nitrogens with zero attached hydrogens (tertiary/aromatic N) is 2. The molecule has 14 heavy (non-hydrogen) atoms. The Hall–Kier alpha value is -0.257. The van der Waals surface area contributed by atoms with Gasteiger partial charge in [0.15, 0.2) is 0 Å². The third kappa shape index (κ3) is 8.35. The second-order valence-electron chi connectivity index (χ2n) is 2.19. The largest absolute Gasteiger partial charge is 2.00 e. The number of nitrogens with one attached hydrogen (secondary N) is 2. The molecule has 0 heterocycles. The van der Waals surface area contributed by atoms with Crippen molar-refractivity contribution >= 4 is 35.6 Å². The summed E-state index contributed by atoms with van der Waals surface area (Å²) in [6, 6.07) is -0.00561. The first kappa shape index (κ1) is 16.2. The molecule has 0 saturated heterocycles. The zero-order valence-electron chi connectivity index (χ0n) is 8.28. The normalized spacial score (nSPS) is 13.9. The van der Waals surface area contributed by atoms with Crippen LogP contribution in [0.5, 0.6) is 0 Å². The van der Waals surface area contributed by atoms with Crippen molar-refractivity contribution in [1.82, 2.24) is 10.9 Å². The molecule has 1 atom stereocenters. The van der Waals surface area contributed by atoms with Crippen LogP contribution in [0.25, 0.3) is 0 Å². The molecule has 0 aliphatic heterocycles. The van der Waals surface area contributed by atoms with Crippen molar-refractivity contribution in [2.45, 2.75) is 13.0 Å². The molecule has 0 fully saturated rings. The SMILES string of the molecule is C=CC(C)N=C([S-])NNC([S-])=NC.[Zn+2]. The summed E-state index contributed by atoms with van der Waals surface area (Å²) in [5, 5.41) is 0.669. The van der Waals surface area contributed by atoms with Crippen molar-refractivity contribution < 1.29 is 19.5 Å². The molecule has 1 unspecified atom stereocenters. The standard InChI is InChI=1S/C7H14N4S2.Zn/c1-4-5(2)9-7(13)11-10-6(12)8-3;/h4-5H,1H2,2-3H3,(H2,8,10,12)(H2,9,11,13);/q;+2/p-2. The minimum atomic E-state index is -0.00561. The van der Waals surface area contributed by atoms with E-state index in [0.717, 1.165) is 0 Å². The maximum Gasteiger partial charge on any atom is 2.00 e. The number of aliphatic imine (C=N–C) groups is 2. The average molecular weight is 282 g/mol. The van der Waals surface area contributed by atoms with Crippen molar-refractivity contribution in [3.05, 3.63) is 12.7 Å². The number of hydrogen-bond donors (Lipinski definition) is 2. The summed E-state index contributed by atoms with van der Waals surface area (Å²) in [6.07, 6.45) is 1.69. The van der Waals surface area contributed by atoms with Gasteiger partial charge in [-0.25, -0.2) is 0 Å². The average Bonchev–Trinajstić information content (AvgIpc) is 2.13. The fraction of sp³-hybridized carbons (Fsp3) is 0.429. The minimum absolute atomic E-state index is 0. The number of hydrogen-bond acceptors (Lipinski definition) is 4. The van der Waals surface area contributed by atoms with Gasteiger partial charge in [-0.3, -0.25) is 9.98 Å². The van der Waals surface area contributed by atoms with Crippen LogP contribution in [-0.4, -0.2) is 23.4 Å². The van der Waals surface area contributed by atoms with Crippen LogP contribution in [0.1, 0.15) is 6.92 Å². The van der Waals surface area contributed by atoms with Crippen molar-refractivity contribution in [2.75, 3.05) is 7.05 Å². The van der Waals surface area contributed by atoms with E-state index in [1.165, 1.54) is 0 Å². The van der Waals surface area contributed by atoms with E-state index in [2.05, 4.69) is 27.4 Å². The molecule has 4 nitrogen and oxygen atoms in total. The van der Waals surface area contributed by atoms with Gasteiger partial charge in [-0.15, -0.1) is 6.58 Å². The molecular formula is C7H12N4S2Zn. The zero-order valence-corrected chi connectivity index (χ0v) is 12.9. The second kappa shape index (κ2) is 9.30. The van der Waals surface area contributed by atoms with Crippen LogP contribution in [0.2, 0.25) is 0 Å². The molecule has 0 aromatic rings. The second-order valence-corrected chi connectivity index (χ2v) is 2.96. The van der Waals surface area contributed by atoms with E-state index in [4.69, 9.17) is 25.3 Å². The Morgan fingerprint density at radius 1 is 1.36 bits per heavy atom. The first-order valence-electron chi connectivity index (χ1n) is 3.63. The Balaban J connectivity index is 0. The van der Waals surface area contributed by atoms with Gasteiger partial charge in [0.05, 0.1) is 6.04 Å². The molecule has 0 amide bonds. The smallest absolute Gasteiger partial charge is 0.741 e. The Labute approximate surface area is 108 Å². The van der Waals surface area contributed by atoms with Crippen molar-refractivity contribution in [2.24, 2.45) is 9.98 Å². The van der Waals surface area contributed by atoms with E-state index < -0.39 is 0 Å². The van der Waals surface area contributed by atoms with Gasteiger partial charge >= 0.3 is 19.5 Å². The van der Waals surface area contributed by atoms with Gasteiger partial charge in [0, 0.05) is 7.05 Å². The molecule has 0 rings (SSSR count). The van der Waals surface area contributed by atoms with Gasteiger partial charge in [-0.05, 0) is 17.3 Å². The fourth-order valence-corrected chi connectivity index (χ4v) is 0.701. The van der Waals surface area contributed by atoms with Crippen LogP contribution in [0, 0.1) is 0 Å². The summed E-state index contributed by atoms with van der Waals surface area (Å²) in [4.78, 5) is 7.74.